The zero-order valence-corrected chi connectivity index (χ0v) is 28.0. The molecular formula is C48H29N3O. The number of para-hydroxylation sites is 2. The second-order valence-electron chi connectivity index (χ2n) is 13.2. The van der Waals surface area contributed by atoms with Crippen molar-refractivity contribution >= 4 is 0 Å². The molecule has 1 spiro atoms. The monoisotopic (exact) mass is 663 g/mol. The topological polar surface area (TPSA) is 58.8 Å². The van der Waals surface area contributed by atoms with Crippen LogP contribution in [0.4, 0.5) is 0 Å². The van der Waals surface area contributed by atoms with Crippen LogP contribution in [0.1, 0.15) is 27.8 Å². The highest BCUT2D eigenvalue weighted by Gasteiger charge is 2.51. The Hall–Kier alpha value is -7.09. The number of rotatable bonds is 4. The normalized spacial score (nSPS) is 12.9. The summed E-state index contributed by atoms with van der Waals surface area (Å²) in [5.74, 6) is 2.19. The average Bonchev–Trinajstić information content (AvgIpc) is 3.51. The molecule has 4 heteroatoms. The van der Waals surface area contributed by atoms with Gasteiger partial charge in [0, 0.05) is 27.8 Å². The Kier molecular flexibility index (Phi) is 6.74. The van der Waals surface area contributed by atoms with E-state index in [-0.39, 0.29) is 0 Å². The van der Waals surface area contributed by atoms with Gasteiger partial charge in [0.15, 0.2) is 5.82 Å². The van der Waals surface area contributed by atoms with Gasteiger partial charge in [-0.05, 0) is 57.6 Å². The minimum atomic E-state index is -0.583. The van der Waals surface area contributed by atoms with Gasteiger partial charge < -0.3 is 4.74 Å². The zero-order chi connectivity index (χ0) is 34.6. The molecule has 0 bridgehead atoms. The van der Waals surface area contributed by atoms with Crippen molar-refractivity contribution in [1.82, 2.24) is 9.97 Å². The van der Waals surface area contributed by atoms with E-state index in [1.54, 1.807) is 0 Å². The summed E-state index contributed by atoms with van der Waals surface area (Å²) >= 11 is 0. The molecule has 8 aromatic rings. The Morgan fingerprint density at radius 3 is 1.73 bits per heavy atom. The lowest BCUT2D eigenvalue weighted by molar-refractivity contribution is 0.438. The molecule has 0 unspecified atom stereocenters. The van der Waals surface area contributed by atoms with E-state index in [0.717, 1.165) is 61.8 Å². The molecule has 0 radical (unpaired) electrons. The van der Waals surface area contributed by atoms with E-state index >= 15 is 0 Å². The van der Waals surface area contributed by atoms with Crippen molar-refractivity contribution in [2.45, 2.75) is 5.41 Å². The van der Waals surface area contributed by atoms with Gasteiger partial charge in [-0.15, -0.1) is 0 Å². The SMILES string of the molecule is N#Cc1cc(-c2cc(-c3cccc4c3Oc3ccccc3C43c4ccccc4-c4ccccc43)nc(-c3ccccc3)n2)ccc1-c1ccccc1. The summed E-state index contributed by atoms with van der Waals surface area (Å²) in [7, 11) is 0. The van der Waals surface area contributed by atoms with Crippen molar-refractivity contribution in [3.8, 4) is 73.7 Å². The van der Waals surface area contributed by atoms with Crippen molar-refractivity contribution in [2.75, 3.05) is 0 Å². The third-order valence-electron chi connectivity index (χ3n) is 10.4. The second kappa shape index (κ2) is 11.8. The Morgan fingerprint density at radius 1 is 0.442 bits per heavy atom. The summed E-state index contributed by atoms with van der Waals surface area (Å²) < 4.78 is 6.97. The number of hydrogen-bond donors (Lipinski definition) is 0. The molecule has 1 aliphatic heterocycles. The second-order valence-corrected chi connectivity index (χ2v) is 13.2. The predicted octanol–water partition coefficient (Wildman–Crippen LogP) is 11.5. The first-order chi connectivity index (χ1) is 25.7. The van der Waals surface area contributed by atoms with E-state index in [9.17, 15) is 5.26 Å². The van der Waals surface area contributed by atoms with Crippen molar-refractivity contribution in [3.05, 3.63) is 204 Å². The first kappa shape index (κ1) is 29.8. The van der Waals surface area contributed by atoms with E-state index < -0.39 is 5.41 Å². The molecule has 10 rings (SSSR count). The van der Waals surface area contributed by atoms with E-state index in [4.69, 9.17) is 14.7 Å². The Bertz CT molecular complexity index is 2680. The molecule has 2 heterocycles. The van der Waals surface area contributed by atoms with Gasteiger partial charge in [0.2, 0.25) is 0 Å². The summed E-state index contributed by atoms with van der Waals surface area (Å²) in [6.45, 7) is 0. The van der Waals surface area contributed by atoms with Crippen LogP contribution in [-0.2, 0) is 5.41 Å². The average molecular weight is 664 g/mol. The Balaban J connectivity index is 1.22. The summed E-state index contributed by atoms with van der Waals surface area (Å²) in [4.78, 5) is 10.3. The van der Waals surface area contributed by atoms with Crippen molar-refractivity contribution < 1.29 is 4.74 Å². The molecule has 242 valence electrons. The Labute approximate surface area is 301 Å². The molecule has 0 fully saturated rings. The summed E-state index contributed by atoms with van der Waals surface area (Å²) in [6, 6.07) is 62.8. The first-order valence-corrected chi connectivity index (χ1v) is 17.4. The smallest absolute Gasteiger partial charge is 0.160 e. The number of nitrogens with zero attached hydrogens (tertiary/aromatic N) is 3. The van der Waals surface area contributed by atoms with E-state index in [0.29, 0.717) is 11.4 Å². The minimum absolute atomic E-state index is 0.583. The van der Waals surface area contributed by atoms with Crippen LogP contribution >= 0.6 is 0 Å². The molecule has 0 atom stereocenters. The van der Waals surface area contributed by atoms with Crippen LogP contribution in [0.25, 0.3) is 56.2 Å². The summed E-state index contributed by atoms with van der Waals surface area (Å²) in [6.07, 6.45) is 0. The molecule has 0 N–H and O–H groups in total. The molecule has 0 saturated carbocycles. The summed E-state index contributed by atoms with van der Waals surface area (Å²) in [5.41, 5.74) is 13.1. The highest BCUT2D eigenvalue weighted by Crippen LogP contribution is 2.63. The van der Waals surface area contributed by atoms with Gasteiger partial charge in [-0.1, -0.05) is 152 Å². The fraction of sp³-hybridized carbons (Fsp3) is 0.0208. The molecule has 0 amide bonds. The zero-order valence-electron chi connectivity index (χ0n) is 28.0. The number of benzene rings is 7. The lowest BCUT2D eigenvalue weighted by Crippen LogP contribution is -2.32. The number of fused-ring (bicyclic) bond motifs is 9. The quantitative estimate of drug-likeness (QED) is 0.188. The van der Waals surface area contributed by atoms with Gasteiger partial charge in [-0.2, -0.15) is 5.26 Å². The highest BCUT2D eigenvalue weighted by molar-refractivity contribution is 5.90. The van der Waals surface area contributed by atoms with Crippen LogP contribution in [-0.4, -0.2) is 9.97 Å². The van der Waals surface area contributed by atoms with Crippen LogP contribution in [0, 0.1) is 11.3 Å². The number of ether oxygens (including phenoxy) is 1. The molecule has 0 saturated heterocycles. The van der Waals surface area contributed by atoms with E-state index in [1.165, 1.54) is 22.3 Å². The van der Waals surface area contributed by atoms with Gasteiger partial charge in [0.1, 0.15) is 11.5 Å². The number of nitriles is 1. The largest absolute Gasteiger partial charge is 0.456 e. The van der Waals surface area contributed by atoms with Crippen molar-refractivity contribution in [1.29, 1.82) is 5.26 Å². The molecular weight excluding hydrogens is 635 g/mol. The van der Waals surface area contributed by atoms with Crippen LogP contribution in [0.2, 0.25) is 0 Å². The third kappa shape index (κ3) is 4.40. The van der Waals surface area contributed by atoms with Crippen molar-refractivity contribution in [2.24, 2.45) is 0 Å². The number of hydrogen-bond acceptors (Lipinski definition) is 4. The van der Waals surface area contributed by atoms with Crippen LogP contribution in [0.5, 0.6) is 11.5 Å². The standard InChI is InChI=1S/C48H29N3O/c49-30-34-28-33(26-27-35(34)31-14-3-1-4-15-31)43-29-44(51-47(50-43)32-16-5-2-6-17-32)38-20-13-24-42-46(38)52-45-25-12-11-23-41(45)48(42)39-21-9-7-18-36(39)37-19-8-10-22-40(37)48/h1-29H. The van der Waals surface area contributed by atoms with Gasteiger partial charge in [0.05, 0.1) is 28.4 Å². The Morgan fingerprint density at radius 2 is 1.02 bits per heavy atom. The molecule has 2 aliphatic rings. The van der Waals surface area contributed by atoms with Gasteiger partial charge >= 0.3 is 0 Å². The third-order valence-corrected chi connectivity index (χ3v) is 10.4. The minimum Gasteiger partial charge on any atom is -0.456 e. The maximum absolute atomic E-state index is 10.3. The lowest BCUT2D eigenvalue weighted by Gasteiger charge is -2.40. The first-order valence-electron chi connectivity index (χ1n) is 17.4. The van der Waals surface area contributed by atoms with E-state index in [1.807, 2.05) is 91.0 Å². The summed E-state index contributed by atoms with van der Waals surface area (Å²) in [5, 5.41) is 10.3. The number of aromatic nitrogens is 2. The maximum atomic E-state index is 10.3. The van der Waals surface area contributed by atoms with E-state index in [2.05, 4.69) is 91.0 Å². The lowest BCUT2D eigenvalue weighted by atomic mass is 9.65. The van der Waals surface area contributed by atoms with Crippen LogP contribution < -0.4 is 4.74 Å². The van der Waals surface area contributed by atoms with Gasteiger partial charge in [-0.25, -0.2) is 9.97 Å². The fourth-order valence-electron chi connectivity index (χ4n) is 8.19. The fourth-order valence-corrected chi connectivity index (χ4v) is 8.19. The molecule has 52 heavy (non-hydrogen) atoms. The molecule has 1 aromatic heterocycles. The predicted molar refractivity (Wildman–Crippen MR) is 206 cm³/mol. The van der Waals surface area contributed by atoms with Gasteiger partial charge in [-0.3, -0.25) is 0 Å². The van der Waals surface area contributed by atoms with Crippen LogP contribution in [0.3, 0.4) is 0 Å². The maximum Gasteiger partial charge on any atom is 0.160 e. The van der Waals surface area contributed by atoms with Gasteiger partial charge in [0.25, 0.3) is 0 Å². The van der Waals surface area contributed by atoms with Crippen LogP contribution in [0.15, 0.2) is 176 Å². The molecule has 1 aliphatic carbocycles. The van der Waals surface area contributed by atoms with Crippen molar-refractivity contribution in [3.63, 3.8) is 0 Å². The molecule has 7 aromatic carbocycles. The highest BCUT2D eigenvalue weighted by atomic mass is 16.5. The molecule has 4 nitrogen and oxygen atoms in total.